The van der Waals surface area contributed by atoms with Crippen LogP contribution in [0.15, 0.2) is 54.7 Å². The lowest BCUT2D eigenvalue weighted by molar-refractivity contribution is 0.0989. The second-order valence-electron chi connectivity index (χ2n) is 7.55. The van der Waals surface area contributed by atoms with Crippen LogP contribution in [0.1, 0.15) is 22.3 Å². The van der Waals surface area contributed by atoms with E-state index in [-0.39, 0.29) is 5.91 Å². The summed E-state index contributed by atoms with van der Waals surface area (Å²) < 4.78 is 0. The van der Waals surface area contributed by atoms with Gasteiger partial charge >= 0.3 is 0 Å². The summed E-state index contributed by atoms with van der Waals surface area (Å²) in [5.74, 6) is 1.02. The van der Waals surface area contributed by atoms with Crippen molar-refractivity contribution in [3.63, 3.8) is 0 Å². The molecule has 1 aromatic carbocycles. The average Bonchev–Trinajstić information content (AvgIpc) is 3.47. The zero-order valence-electron chi connectivity index (χ0n) is 15.4. The van der Waals surface area contributed by atoms with Crippen LogP contribution < -0.4 is 9.80 Å². The average molecular weight is 360 g/mol. The molecule has 27 heavy (non-hydrogen) atoms. The predicted octanol–water partition coefficient (Wildman–Crippen LogP) is 2.74. The Morgan fingerprint density at radius 3 is 2.70 bits per heavy atom. The van der Waals surface area contributed by atoms with Crippen LogP contribution in [0, 0.1) is 0 Å². The van der Waals surface area contributed by atoms with E-state index in [0.29, 0.717) is 11.6 Å². The van der Waals surface area contributed by atoms with E-state index in [1.165, 1.54) is 12.0 Å². The highest BCUT2D eigenvalue weighted by Gasteiger charge is 2.29. The highest BCUT2D eigenvalue weighted by atomic mass is 16.2. The van der Waals surface area contributed by atoms with E-state index in [9.17, 15) is 4.79 Å². The van der Waals surface area contributed by atoms with E-state index in [1.54, 1.807) is 6.20 Å². The number of carbonyl (C=O) groups excluding carboxylic acids is 1. The van der Waals surface area contributed by atoms with Gasteiger partial charge in [-0.05, 0) is 36.6 Å². The van der Waals surface area contributed by atoms with Gasteiger partial charge in [0.1, 0.15) is 5.82 Å². The minimum Gasteiger partial charge on any atom is -0.355 e. The Balaban J connectivity index is 1.28. The maximum atomic E-state index is 12.9. The van der Waals surface area contributed by atoms with Crippen molar-refractivity contribution in [2.75, 3.05) is 42.5 Å². The Morgan fingerprint density at radius 2 is 1.89 bits per heavy atom. The van der Waals surface area contributed by atoms with Gasteiger partial charge in [0.05, 0.1) is 5.56 Å². The molecule has 0 unspecified atom stereocenters. The van der Waals surface area contributed by atoms with Crippen molar-refractivity contribution >= 4 is 17.4 Å². The van der Waals surface area contributed by atoms with Gasteiger partial charge < -0.3 is 9.80 Å². The number of hydrogen-bond donors (Lipinski definition) is 0. The van der Waals surface area contributed by atoms with Crippen LogP contribution >= 0.6 is 0 Å². The topological polar surface area (TPSA) is 39.7 Å². The van der Waals surface area contributed by atoms with Gasteiger partial charge in [-0.1, -0.05) is 30.4 Å². The molecular formula is C22H24N4O. The number of pyridine rings is 1. The molecule has 1 saturated heterocycles. The highest BCUT2D eigenvalue weighted by molar-refractivity contribution is 6.07. The molecule has 0 spiro atoms. The zero-order valence-corrected chi connectivity index (χ0v) is 15.4. The molecule has 0 N–H and O–H groups in total. The van der Waals surface area contributed by atoms with Crippen molar-refractivity contribution < 1.29 is 4.79 Å². The predicted molar refractivity (Wildman–Crippen MR) is 107 cm³/mol. The monoisotopic (exact) mass is 360 g/mol. The van der Waals surface area contributed by atoms with Crippen LogP contribution in [-0.4, -0.2) is 54.6 Å². The van der Waals surface area contributed by atoms with E-state index in [1.807, 2.05) is 35.2 Å². The Bertz CT molecular complexity index is 868. The molecule has 1 amide bonds. The summed E-state index contributed by atoms with van der Waals surface area (Å²) in [6, 6.07) is 12.7. The van der Waals surface area contributed by atoms with Gasteiger partial charge in [-0.3, -0.25) is 9.69 Å². The van der Waals surface area contributed by atoms with Crippen LogP contribution in [-0.2, 0) is 6.42 Å². The van der Waals surface area contributed by atoms with Crippen molar-refractivity contribution in [3.8, 4) is 0 Å². The number of nitrogens with zero attached hydrogens (tertiary/aromatic N) is 4. The van der Waals surface area contributed by atoms with E-state index in [2.05, 4.69) is 33.0 Å². The third-order valence-electron chi connectivity index (χ3n) is 5.98. The third-order valence-corrected chi connectivity index (χ3v) is 5.98. The molecule has 3 aliphatic heterocycles. The number of hydrogen-bond acceptors (Lipinski definition) is 4. The lowest BCUT2D eigenvalue weighted by atomic mass is 10.2. The Labute approximate surface area is 159 Å². The maximum Gasteiger partial charge on any atom is 0.259 e. The molecule has 1 aromatic heterocycles. The van der Waals surface area contributed by atoms with E-state index in [0.717, 1.165) is 50.6 Å². The number of rotatable bonds is 3. The van der Waals surface area contributed by atoms with Crippen LogP contribution in [0.4, 0.5) is 11.5 Å². The summed E-state index contributed by atoms with van der Waals surface area (Å²) in [4.78, 5) is 24.3. The van der Waals surface area contributed by atoms with Crippen molar-refractivity contribution in [2.24, 2.45) is 0 Å². The summed E-state index contributed by atoms with van der Waals surface area (Å²) in [7, 11) is 0. The van der Waals surface area contributed by atoms with E-state index < -0.39 is 0 Å². The summed E-state index contributed by atoms with van der Waals surface area (Å²) in [6.45, 7) is 4.92. The van der Waals surface area contributed by atoms with Crippen molar-refractivity contribution in [3.05, 3.63) is 65.9 Å². The first kappa shape index (κ1) is 16.5. The summed E-state index contributed by atoms with van der Waals surface area (Å²) in [6.07, 6.45) is 8.33. The molecule has 3 aliphatic rings. The standard InChI is InChI=1S/C22H24N4O/c27-22(26-14-9-17-5-1-2-6-20(17)26)18-7-8-21(23-15-18)25-13-10-19(16-25)24-11-3-4-12-24/h1-8,15,19H,9-14,16H2/t19-/m0/s1. The SMILES string of the molecule is O=C(c1ccc(N2CC[C@H](N3CC=CC3)C2)nc1)N1CCc2ccccc21. The molecule has 0 aliphatic carbocycles. The lowest BCUT2D eigenvalue weighted by Gasteiger charge is -2.24. The van der Waals surface area contributed by atoms with Gasteiger partial charge in [-0.15, -0.1) is 0 Å². The summed E-state index contributed by atoms with van der Waals surface area (Å²) >= 11 is 0. The van der Waals surface area contributed by atoms with E-state index in [4.69, 9.17) is 0 Å². The summed E-state index contributed by atoms with van der Waals surface area (Å²) in [5.41, 5.74) is 2.94. The second kappa shape index (κ2) is 6.82. The molecule has 4 heterocycles. The Hall–Kier alpha value is -2.66. The molecule has 1 atom stereocenters. The fourth-order valence-corrected chi connectivity index (χ4v) is 4.45. The van der Waals surface area contributed by atoms with Crippen LogP contribution in [0.2, 0.25) is 0 Å². The van der Waals surface area contributed by atoms with Gasteiger partial charge in [0.2, 0.25) is 0 Å². The normalized spacial score (nSPS) is 21.9. The fraction of sp³-hybridized carbons (Fsp3) is 0.364. The van der Waals surface area contributed by atoms with Gasteiger partial charge in [-0.2, -0.15) is 0 Å². The number of aromatic nitrogens is 1. The quantitative estimate of drug-likeness (QED) is 0.789. The zero-order chi connectivity index (χ0) is 18.2. The van der Waals surface area contributed by atoms with Gasteiger partial charge in [0.25, 0.3) is 5.91 Å². The number of para-hydroxylation sites is 1. The molecule has 5 heteroatoms. The number of carbonyl (C=O) groups is 1. The minimum atomic E-state index is 0.0430. The largest absolute Gasteiger partial charge is 0.355 e. The number of fused-ring (bicyclic) bond motifs is 1. The van der Waals surface area contributed by atoms with Crippen LogP contribution in [0.3, 0.4) is 0 Å². The molecule has 5 nitrogen and oxygen atoms in total. The van der Waals surface area contributed by atoms with Gasteiger partial charge in [0, 0.05) is 50.6 Å². The maximum absolute atomic E-state index is 12.9. The first-order valence-corrected chi connectivity index (χ1v) is 9.79. The van der Waals surface area contributed by atoms with Crippen LogP contribution in [0.25, 0.3) is 0 Å². The molecule has 0 bridgehead atoms. The number of benzene rings is 1. The Morgan fingerprint density at radius 1 is 1.04 bits per heavy atom. The number of anilines is 2. The third kappa shape index (κ3) is 3.02. The lowest BCUT2D eigenvalue weighted by Crippen LogP contribution is -2.35. The molecule has 5 rings (SSSR count). The van der Waals surface area contributed by atoms with Gasteiger partial charge in [0.15, 0.2) is 0 Å². The Kier molecular flexibility index (Phi) is 4.17. The van der Waals surface area contributed by atoms with Crippen molar-refractivity contribution in [2.45, 2.75) is 18.9 Å². The summed E-state index contributed by atoms with van der Waals surface area (Å²) in [5, 5.41) is 0. The molecular weight excluding hydrogens is 336 g/mol. The first-order valence-electron chi connectivity index (χ1n) is 9.79. The molecule has 138 valence electrons. The number of amides is 1. The second-order valence-corrected chi connectivity index (χ2v) is 7.55. The fourth-order valence-electron chi connectivity index (χ4n) is 4.45. The highest BCUT2D eigenvalue weighted by Crippen LogP contribution is 2.29. The van der Waals surface area contributed by atoms with E-state index >= 15 is 0 Å². The minimum absolute atomic E-state index is 0.0430. The molecule has 0 radical (unpaired) electrons. The smallest absolute Gasteiger partial charge is 0.259 e. The van der Waals surface area contributed by atoms with Crippen LogP contribution in [0.5, 0.6) is 0 Å². The van der Waals surface area contributed by atoms with Crippen molar-refractivity contribution in [1.82, 2.24) is 9.88 Å². The molecule has 0 saturated carbocycles. The van der Waals surface area contributed by atoms with Crippen molar-refractivity contribution in [1.29, 1.82) is 0 Å². The first-order chi connectivity index (χ1) is 13.3. The molecule has 1 fully saturated rings. The molecule has 2 aromatic rings. The van der Waals surface area contributed by atoms with Gasteiger partial charge in [-0.25, -0.2) is 4.98 Å².